The molecule has 0 amide bonds. The van der Waals surface area contributed by atoms with E-state index >= 15 is 0 Å². The van der Waals surface area contributed by atoms with Gasteiger partial charge in [0.1, 0.15) is 0 Å². The standard InChI is InChI=1S/C4H4.2Y/c1-3-4-2;;/h1-4H;;/q-2;;. The van der Waals surface area contributed by atoms with Gasteiger partial charge >= 0.3 is 0 Å². The summed E-state index contributed by atoms with van der Waals surface area (Å²) in [6.07, 6.45) is 2.56. The van der Waals surface area contributed by atoms with Crippen LogP contribution in [0.25, 0.3) is 0 Å². The Hall–Kier alpha value is 1.69. The first-order chi connectivity index (χ1) is 1.91. The van der Waals surface area contributed by atoms with E-state index in [4.69, 9.17) is 13.2 Å². The van der Waals surface area contributed by atoms with Crippen molar-refractivity contribution in [1.82, 2.24) is 0 Å². The molecule has 2 radical (unpaired) electrons. The van der Waals surface area contributed by atoms with Crippen molar-refractivity contribution >= 4 is 0 Å². The van der Waals surface area contributed by atoms with Gasteiger partial charge in [-0.05, 0) is 0 Å². The van der Waals surface area contributed by atoms with Crippen LogP contribution in [-0.2, 0) is 65.4 Å². The molecule has 0 nitrogen and oxygen atoms in total. The third-order valence-electron chi connectivity index (χ3n) is 0.111. The van der Waals surface area contributed by atoms with Crippen molar-refractivity contribution in [3.63, 3.8) is 0 Å². The van der Waals surface area contributed by atoms with E-state index in [-0.39, 0.29) is 65.4 Å². The molecule has 0 bridgehead atoms. The van der Waals surface area contributed by atoms with Gasteiger partial charge in [-0.3, -0.25) is 0 Å². The van der Waals surface area contributed by atoms with Crippen LogP contribution >= 0.6 is 0 Å². The summed E-state index contributed by atoms with van der Waals surface area (Å²) in [5.74, 6) is 0. The SMILES string of the molecule is [CH-]=CC=[CH-].[Y].[Y]. The Morgan fingerprint density at radius 3 is 1.00 bits per heavy atom. The van der Waals surface area contributed by atoms with Crippen molar-refractivity contribution in [2.24, 2.45) is 0 Å². The summed E-state index contributed by atoms with van der Waals surface area (Å²) in [6, 6.07) is 0. The van der Waals surface area contributed by atoms with E-state index in [9.17, 15) is 0 Å². The van der Waals surface area contributed by atoms with Gasteiger partial charge in [0.05, 0.1) is 0 Å². The maximum atomic E-state index is 4.72. The van der Waals surface area contributed by atoms with Gasteiger partial charge in [-0.2, -0.15) is 0 Å². The topological polar surface area (TPSA) is 0 Å². The second-order valence-electron chi connectivity index (χ2n) is 0.385. The van der Waals surface area contributed by atoms with Gasteiger partial charge in [-0.15, -0.1) is 0 Å². The van der Waals surface area contributed by atoms with Crippen LogP contribution in [-0.4, -0.2) is 0 Å². The zero-order valence-electron chi connectivity index (χ0n) is 3.46. The monoisotopic (exact) mass is 230 g/mol. The molecule has 0 heterocycles. The molecule has 0 fully saturated rings. The summed E-state index contributed by atoms with van der Waals surface area (Å²) in [4.78, 5) is 0. The van der Waals surface area contributed by atoms with Crippen LogP contribution in [0.5, 0.6) is 0 Å². The van der Waals surface area contributed by atoms with E-state index in [1.165, 1.54) is 12.2 Å². The predicted octanol–water partition coefficient (Wildman–Crippen LogP) is 0.960. The molecule has 0 atom stereocenters. The smallest absolute Gasteiger partial charge is 0 e. The van der Waals surface area contributed by atoms with Crippen LogP contribution in [0.1, 0.15) is 0 Å². The summed E-state index contributed by atoms with van der Waals surface area (Å²) < 4.78 is 0. The average Bonchev–Trinajstić information content (AvgIpc) is 1.37. The minimum Gasteiger partial charge on any atom is -0.394 e. The maximum Gasteiger partial charge on any atom is 0 e. The first-order valence-corrected chi connectivity index (χ1v) is 1.00. The van der Waals surface area contributed by atoms with Gasteiger partial charge < -0.3 is 25.3 Å². The van der Waals surface area contributed by atoms with Gasteiger partial charge in [0.15, 0.2) is 0 Å². The van der Waals surface area contributed by atoms with Crippen molar-refractivity contribution in [2.75, 3.05) is 0 Å². The number of hydrogen-bond acceptors (Lipinski definition) is 0. The van der Waals surface area contributed by atoms with E-state index in [1.54, 1.807) is 0 Å². The molecular weight excluding hydrogens is 226 g/mol. The molecule has 0 aliphatic carbocycles. The Morgan fingerprint density at radius 2 is 1.00 bits per heavy atom. The van der Waals surface area contributed by atoms with Crippen LogP contribution < -0.4 is 0 Å². The molecule has 6 heavy (non-hydrogen) atoms. The van der Waals surface area contributed by atoms with Crippen molar-refractivity contribution in [2.45, 2.75) is 0 Å². The van der Waals surface area contributed by atoms with E-state index < -0.39 is 0 Å². The number of rotatable bonds is 1. The zero-order chi connectivity index (χ0) is 3.41. The third kappa shape index (κ3) is 17.3. The maximum absolute atomic E-state index is 4.72. The Morgan fingerprint density at radius 1 is 0.833 bits per heavy atom. The summed E-state index contributed by atoms with van der Waals surface area (Å²) in [5.41, 5.74) is 0. The Labute approximate surface area is 89.2 Å². The first kappa shape index (κ1) is 15.6. The second-order valence-corrected chi connectivity index (χ2v) is 0.385. The fourth-order valence-corrected chi connectivity index (χ4v) is 0. The molecule has 0 aromatic rings. The van der Waals surface area contributed by atoms with Crippen molar-refractivity contribution in [3.05, 3.63) is 25.3 Å². The van der Waals surface area contributed by atoms with E-state index in [2.05, 4.69) is 0 Å². The number of hydrogen-bond donors (Lipinski definition) is 0. The van der Waals surface area contributed by atoms with Crippen molar-refractivity contribution < 1.29 is 65.4 Å². The molecule has 28 valence electrons. The van der Waals surface area contributed by atoms with E-state index in [0.717, 1.165) is 0 Å². The summed E-state index contributed by atoms with van der Waals surface area (Å²) in [6.45, 7) is 9.44. The second kappa shape index (κ2) is 15.9. The Balaban J connectivity index is -0.0000000450. The molecular formula is C4H4Y2-2. The van der Waals surface area contributed by atoms with Gasteiger partial charge in [0, 0.05) is 65.4 Å². The van der Waals surface area contributed by atoms with E-state index in [1.807, 2.05) is 0 Å². The molecule has 0 aliphatic rings. The molecule has 0 saturated heterocycles. The van der Waals surface area contributed by atoms with E-state index in [0.29, 0.717) is 0 Å². The molecule has 0 spiro atoms. The summed E-state index contributed by atoms with van der Waals surface area (Å²) in [5, 5.41) is 0. The van der Waals surface area contributed by atoms with Crippen LogP contribution in [0, 0.1) is 13.2 Å². The molecule has 0 saturated carbocycles. The molecule has 0 aromatic heterocycles. The first-order valence-electron chi connectivity index (χ1n) is 1.00. The van der Waals surface area contributed by atoms with Crippen molar-refractivity contribution in [1.29, 1.82) is 0 Å². The Bertz CT molecular complexity index is 26.5. The van der Waals surface area contributed by atoms with Crippen LogP contribution in [0.4, 0.5) is 0 Å². The van der Waals surface area contributed by atoms with Crippen LogP contribution in [0.3, 0.4) is 0 Å². The molecule has 0 rings (SSSR count). The van der Waals surface area contributed by atoms with Crippen LogP contribution in [0.15, 0.2) is 12.2 Å². The minimum absolute atomic E-state index is 0. The zero-order valence-corrected chi connectivity index (χ0v) is 9.14. The molecule has 0 aromatic carbocycles. The molecule has 0 unspecified atom stereocenters. The van der Waals surface area contributed by atoms with Gasteiger partial charge in [-0.25, -0.2) is 0 Å². The quantitative estimate of drug-likeness (QED) is 0.464. The van der Waals surface area contributed by atoms with Gasteiger partial charge in [0.2, 0.25) is 0 Å². The number of allylic oxidation sites excluding steroid dienone is 2. The molecule has 2 heteroatoms. The normalized spacial score (nSPS) is 3.33. The van der Waals surface area contributed by atoms with Gasteiger partial charge in [-0.1, -0.05) is 0 Å². The van der Waals surface area contributed by atoms with Crippen molar-refractivity contribution in [3.8, 4) is 0 Å². The fraction of sp³-hybridized carbons (Fsp3) is 0. The Kier molecular flexibility index (Phi) is 41.5. The van der Waals surface area contributed by atoms with Gasteiger partial charge in [0.25, 0.3) is 0 Å². The fourth-order valence-electron chi connectivity index (χ4n) is 0. The summed E-state index contributed by atoms with van der Waals surface area (Å²) in [7, 11) is 0. The summed E-state index contributed by atoms with van der Waals surface area (Å²) >= 11 is 0. The molecule has 0 N–H and O–H groups in total. The third-order valence-corrected chi connectivity index (χ3v) is 0.111. The molecule has 0 aliphatic heterocycles. The largest absolute Gasteiger partial charge is 0.394 e. The average molecular weight is 230 g/mol. The predicted molar refractivity (Wildman–Crippen MR) is 17.7 cm³/mol. The minimum atomic E-state index is 0. The van der Waals surface area contributed by atoms with Crippen LogP contribution in [0.2, 0.25) is 0 Å².